The molecule has 6 heteroatoms. The van der Waals surface area contributed by atoms with Gasteiger partial charge in [-0.1, -0.05) is 20.3 Å². The Morgan fingerprint density at radius 2 is 1.79 bits per heavy atom. The molecule has 24 heavy (non-hydrogen) atoms. The lowest BCUT2D eigenvalue weighted by Crippen LogP contribution is -2.56. The summed E-state index contributed by atoms with van der Waals surface area (Å²) >= 11 is 0. The van der Waals surface area contributed by atoms with Crippen molar-refractivity contribution < 1.29 is 9.59 Å². The Labute approximate surface area is 146 Å². The van der Waals surface area contributed by atoms with E-state index in [1.54, 1.807) is 0 Å². The van der Waals surface area contributed by atoms with Crippen molar-refractivity contribution in [2.75, 3.05) is 39.3 Å². The summed E-state index contributed by atoms with van der Waals surface area (Å²) in [6, 6.07) is -0.0416. The molecule has 3 unspecified atom stereocenters. The van der Waals surface area contributed by atoms with Gasteiger partial charge in [0.15, 0.2) is 0 Å². The minimum atomic E-state index is -0.405. The van der Waals surface area contributed by atoms with Crippen molar-refractivity contribution >= 4 is 11.8 Å². The van der Waals surface area contributed by atoms with Crippen LogP contribution in [0.25, 0.3) is 0 Å². The normalized spacial score (nSPS) is 25.4. The lowest BCUT2D eigenvalue weighted by Gasteiger charge is -2.38. The van der Waals surface area contributed by atoms with Crippen LogP contribution in [0.15, 0.2) is 0 Å². The van der Waals surface area contributed by atoms with Gasteiger partial charge in [-0.2, -0.15) is 0 Å². The van der Waals surface area contributed by atoms with Crippen molar-refractivity contribution in [2.24, 2.45) is 11.7 Å². The van der Waals surface area contributed by atoms with Crippen LogP contribution < -0.4 is 5.73 Å². The van der Waals surface area contributed by atoms with Crippen molar-refractivity contribution in [1.82, 2.24) is 14.7 Å². The third-order valence-corrected chi connectivity index (χ3v) is 5.71. The van der Waals surface area contributed by atoms with E-state index >= 15 is 0 Å². The van der Waals surface area contributed by atoms with Crippen LogP contribution in [0.2, 0.25) is 0 Å². The highest BCUT2D eigenvalue weighted by Gasteiger charge is 2.30. The summed E-state index contributed by atoms with van der Waals surface area (Å²) < 4.78 is 0. The number of nitrogens with zero attached hydrogens (tertiary/aromatic N) is 3. The van der Waals surface area contributed by atoms with E-state index in [9.17, 15) is 9.59 Å². The van der Waals surface area contributed by atoms with E-state index in [1.165, 1.54) is 6.42 Å². The van der Waals surface area contributed by atoms with Gasteiger partial charge >= 0.3 is 0 Å². The largest absolute Gasteiger partial charge is 0.339 e. The van der Waals surface area contributed by atoms with E-state index in [-0.39, 0.29) is 17.7 Å². The average molecular weight is 338 g/mol. The third-order valence-electron chi connectivity index (χ3n) is 5.71. The maximum absolute atomic E-state index is 12.5. The van der Waals surface area contributed by atoms with Crippen molar-refractivity contribution in [3.05, 3.63) is 0 Å². The van der Waals surface area contributed by atoms with E-state index in [0.29, 0.717) is 25.7 Å². The van der Waals surface area contributed by atoms with Crippen LogP contribution in [0.3, 0.4) is 0 Å². The molecule has 2 rings (SSSR count). The van der Waals surface area contributed by atoms with Crippen LogP contribution >= 0.6 is 0 Å². The van der Waals surface area contributed by atoms with E-state index in [4.69, 9.17) is 5.73 Å². The highest BCUT2D eigenvalue weighted by Crippen LogP contribution is 2.17. The first-order chi connectivity index (χ1) is 11.4. The predicted octanol–water partition coefficient (Wildman–Crippen LogP) is 0.905. The zero-order chi connectivity index (χ0) is 17.7. The van der Waals surface area contributed by atoms with Gasteiger partial charge in [-0.05, 0) is 32.1 Å². The Hall–Kier alpha value is -1.14. The van der Waals surface area contributed by atoms with Crippen LogP contribution in [-0.4, -0.2) is 77.9 Å². The summed E-state index contributed by atoms with van der Waals surface area (Å²) in [6.07, 6.45) is 4.37. The highest BCUT2D eigenvalue weighted by atomic mass is 16.2. The van der Waals surface area contributed by atoms with E-state index in [0.717, 1.165) is 38.9 Å². The molecular weight excluding hydrogens is 304 g/mol. The summed E-state index contributed by atoms with van der Waals surface area (Å²) in [4.78, 5) is 31.0. The molecule has 0 bridgehead atoms. The lowest BCUT2D eigenvalue weighted by atomic mass is 9.98. The van der Waals surface area contributed by atoms with Crippen LogP contribution in [0, 0.1) is 5.92 Å². The lowest BCUT2D eigenvalue weighted by molar-refractivity contribution is -0.138. The standard InChI is InChI=1S/C18H34N4O2/c1-4-14(2)17(19)18(24)21-11-9-20(10-12-21)13-16(23)22-8-6-5-7-15(22)3/h14-15,17H,4-13,19H2,1-3H3. The SMILES string of the molecule is CCC(C)C(N)C(=O)N1CCN(CC(=O)N2CCCCC2C)CC1. The fraction of sp³-hybridized carbons (Fsp3) is 0.889. The Kier molecular flexibility index (Phi) is 7.04. The molecule has 2 fully saturated rings. The maximum atomic E-state index is 12.5. The second-order valence-electron chi connectivity index (χ2n) is 7.44. The number of rotatable bonds is 5. The first kappa shape index (κ1) is 19.2. The molecule has 2 aliphatic rings. The van der Waals surface area contributed by atoms with Crippen molar-refractivity contribution in [1.29, 1.82) is 0 Å². The number of hydrogen-bond donors (Lipinski definition) is 1. The van der Waals surface area contributed by atoms with Crippen LogP contribution in [0.4, 0.5) is 0 Å². The highest BCUT2D eigenvalue weighted by molar-refractivity contribution is 5.82. The number of hydrogen-bond acceptors (Lipinski definition) is 4. The number of likely N-dealkylation sites (tertiary alicyclic amines) is 1. The van der Waals surface area contributed by atoms with Crippen LogP contribution in [-0.2, 0) is 9.59 Å². The van der Waals surface area contributed by atoms with Gasteiger partial charge in [-0.15, -0.1) is 0 Å². The first-order valence-corrected chi connectivity index (χ1v) is 9.50. The minimum absolute atomic E-state index is 0.0555. The molecule has 2 N–H and O–H groups in total. The number of amides is 2. The van der Waals surface area contributed by atoms with Crippen molar-refractivity contribution in [3.8, 4) is 0 Å². The molecular formula is C18H34N4O2. The summed E-state index contributed by atoms with van der Waals surface area (Å²) in [5.74, 6) is 0.496. The van der Waals surface area contributed by atoms with Crippen molar-refractivity contribution in [2.45, 2.75) is 58.5 Å². The van der Waals surface area contributed by atoms with Gasteiger partial charge < -0.3 is 15.5 Å². The molecule has 2 amide bonds. The Balaban J connectivity index is 1.78. The van der Waals surface area contributed by atoms with Gasteiger partial charge in [-0.3, -0.25) is 14.5 Å². The summed E-state index contributed by atoms with van der Waals surface area (Å²) in [7, 11) is 0. The van der Waals surface area contributed by atoms with Gasteiger partial charge in [0.25, 0.3) is 0 Å². The van der Waals surface area contributed by atoms with Gasteiger partial charge in [0.1, 0.15) is 0 Å². The maximum Gasteiger partial charge on any atom is 0.239 e. The van der Waals surface area contributed by atoms with E-state index in [1.807, 2.05) is 16.7 Å². The first-order valence-electron chi connectivity index (χ1n) is 9.50. The molecule has 2 saturated heterocycles. The molecule has 6 nitrogen and oxygen atoms in total. The molecule has 2 aliphatic heterocycles. The molecule has 138 valence electrons. The Morgan fingerprint density at radius 1 is 1.12 bits per heavy atom. The van der Waals surface area contributed by atoms with E-state index < -0.39 is 6.04 Å². The molecule has 0 radical (unpaired) electrons. The van der Waals surface area contributed by atoms with Crippen LogP contribution in [0.1, 0.15) is 46.5 Å². The van der Waals surface area contributed by atoms with Crippen molar-refractivity contribution in [3.63, 3.8) is 0 Å². The number of piperazine rings is 1. The molecule has 0 aromatic heterocycles. The van der Waals surface area contributed by atoms with Crippen LogP contribution in [0.5, 0.6) is 0 Å². The number of piperidine rings is 1. The third kappa shape index (κ3) is 4.70. The predicted molar refractivity (Wildman–Crippen MR) is 95.5 cm³/mol. The fourth-order valence-electron chi connectivity index (χ4n) is 3.59. The minimum Gasteiger partial charge on any atom is -0.339 e. The molecule has 3 atom stereocenters. The second kappa shape index (κ2) is 8.81. The number of carbonyl (C=O) groups is 2. The molecule has 0 aromatic rings. The molecule has 2 heterocycles. The number of carbonyl (C=O) groups excluding carboxylic acids is 2. The monoisotopic (exact) mass is 338 g/mol. The quantitative estimate of drug-likeness (QED) is 0.809. The van der Waals surface area contributed by atoms with Gasteiger partial charge in [0.2, 0.25) is 11.8 Å². The smallest absolute Gasteiger partial charge is 0.239 e. The molecule has 0 spiro atoms. The summed E-state index contributed by atoms with van der Waals surface area (Å²) in [6.45, 7) is 10.5. The van der Waals surface area contributed by atoms with E-state index in [2.05, 4.69) is 18.7 Å². The average Bonchev–Trinajstić information content (AvgIpc) is 2.60. The summed E-state index contributed by atoms with van der Waals surface area (Å²) in [5, 5.41) is 0. The topological polar surface area (TPSA) is 69.9 Å². The number of nitrogens with two attached hydrogens (primary N) is 1. The summed E-state index contributed by atoms with van der Waals surface area (Å²) in [5.41, 5.74) is 6.06. The molecule has 0 aromatic carbocycles. The second-order valence-corrected chi connectivity index (χ2v) is 7.44. The fourth-order valence-corrected chi connectivity index (χ4v) is 3.59. The zero-order valence-electron chi connectivity index (χ0n) is 15.5. The molecule has 0 aliphatic carbocycles. The molecule has 0 saturated carbocycles. The zero-order valence-corrected chi connectivity index (χ0v) is 15.5. The van der Waals surface area contributed by atoms with Gasteiger partial charge in [0, 0.05) is 38.8 Å². The van der Waals surface area contributed by atoms with Gasteiger partial charge in [-0.25, -0.2) is 0 Å². The Bertz CT molecular complexity index is 435. The Morgan fingerprint density at radius 3 is 2.38 bits per heavy atom. The van der Waals surface area contributed by atoms with Gasteiger partial charge in [0.05, 0.1) is 12.6 Å².